The largest absolute Gasteiger partial charge is 0.346 e. The second-order valence-electron chi connectivity index (χ2n) is 8.11. The monoisotopic (exact) mass is 473 g/mol. The van der Waals surface area contributed by atoms with Crippen LogP contribution in [0, 0.1) is 0 Å². The van der Waals surface area contributed by atoms with Crippen LogP contribution in [0.3, 0.4) is 0 Å². The van der Waals surface area contributed by atoms with Gasteiger partial charge in [-0.1, -0.05) is 36.4 Å². The number of carbonyl (C=O) groups is 1. The summed E-state index contributed by atoms with van der Waals surface area (Å²) in [6, 6.07) is 21.0. The summed E-state index contributed by atoms with van der Waals surface area (Å²) in [6.45, 7) is 2.27. The van der Waals surface area contributed by atoms with Crippen LogP contribution in [0.4, 0.5) is 5.69 Å². The van der Waals surface area contributed by atoms with E-state index in [1.807, 2.05) is 55.5 Å². The molecule has 0 fully saturated rings. The lowest BCUT2D eigenvalue weighted by Gasteiger charge is -2.20. The third kappa shape index (κ3) is 4.06. The van der Waals surface area contributed by atoms with E-state index in [4.69, 9.17) is 0 Å². The Balaban J connectivity index is 1.33. The molecule has 1 atom stereocenters. The van der Waals surface area contributed by atoms with Crippen LogP contribution in [-0.2, 0) is 16.4 Å². The van der Waals surface area contributed by atoms with Gasteiger partial charge in [0.25, 0.3) is 15.9 Å². The van der Waals surface area contributed by atoms with E-state index in [1.165, 1.54) is 22.8 Å². The number of hydrogen-bond donors (Lipinski definition) is 1. The van der Waals surface area contributed by atoms with Crippen LogP contribution < -0.4 is 9.62 Å². The molecule has 9 heteroatoms. The van der Waals surface area contributed by atoms with Crippen LogP contribution in [0.5, 0.6) is 0 Å². The van der Waals surface area contributed by atoms with Crippen LogP contribution in [0.25, 0.3) is 5.69 Å². The molecule has 3 aromatic carbocycles. The lowest BCUT2D eigenvalue weighted by Crippen LogP contribution is -2.30. The molecule has 1 N–H and O–H groups in total. The number of anilines is 1. The molecule has 172 valence electrons. The maximum Gasteiger partial charge on any atom is 0.264 e. The van der Waals surface area contributed by atoms with Gasteiger partial charge in [0.1, 0.15) is 12.7 Å². The molecule has 0 unspecified atom stereocenters. The zero-order valence-corrected chi connectivity index (χ0v) is 19.3. The van der Waals surface area contributed by atoms with Crippen molar-refractivity contribution in [3.05, 3.63) is 102 Å². The molecule has 0 spiro atoms. The second kappa shape index (κ2) is 8.75. The van der Waals surface area contributed by atoms with E-state index in [2.05, 4.69) is 15.4 Å². The Hall–Kier alpha value is -3.98. The van der Waals surface area contributed by atoms with E-state index in [-0.39, 0.29) is 16.8 Å². The normalized spacial score (nSPS) is 14.0. The Labute approximate surface area is 197 Å². The first-order valence-corrected chi connectivity index (χ1v) is 12.3. The summed E-state index contributed by atoms with van der Waals surface area (Å²) in [5.41, 5.74) is 3.76. The summed E-state index contributed by atoms with van der Waals surface area (Å²) < 4.78 is 29.7. The number of nitrogens with one attached hydrogen (secondary N) is 1. The molecule has 5 rings (SSSR count). The van der Waals surface area contributed by atoms with Gasteiger partial charge in [-0.05, 0) is 60.9 Å². The summed E-state index contributed by atoms with van der Waals surface area (Å²) in [5.74, 6) is -0.341. The number of amides is 1. The summed E-state index contributed by atoms with van der Waals surface area (Å²) in [6.07, 6.45) is 3.75. The number of rotatable bonds is 6. The van der Waals surface area contributed by atoms with Crippen molar-refractivity contribution in [3.63, 3.8) is 0 Å². The minimum absolute atomic E-state index is 0.0988. The van der Waals surface area contributed by atoms with E-state index in [9.17, 15) is 13.2 Å². The Morgan fingerprint density at radius 1 is 1.03 bits per heavy atom. The van der Waals surface area contributed by atoms with Crippen LogP contribution >= 0.6 is 0 Å². The smallest absolute Gasteiger partial charge is 0.264 e. The average molecular weight is 474 g/mol. The number of sulfonamides is 1. The SMILES string of the molecule is C[C@@H](NC(=O)c1cccc(S(=O)(=O)N2CCc3ccccc32)c1)c1ccc(-n2cncn2)cc1. The lowest BCUT2D eigenvalue weighted by atomic mass is 10.1. The molecule has 0 saturated heterocycles. The van der Waals surface area contributed by atoms with E-state index in [0.717, 1.165) is 16.8 Å². The van der Waals surface area contributed by atoms with Gasteiger partial charge in [-0.15, -0.1) is 0 Å². The van der Waals surface area contributed by atoms with E-state index in [0.29, 0.717) is 24.2 Å². The van der Waals surface area contributed by atoms with Gasteiger partial charge < -0.3 is 5.32 Å². The van der Waals surface area contributed by atoms with E-state index >= 15 is 0 Å². The van der Waals surface area contributed by atoms with E-state index < -0.39 is 10.0 Å². The summed E-state index contributed by atoms with van der Waals surface area (Å²) in [4.78, 5) is 17.0. The fourth-order valence-corrected chi connectivity index (χ4v) is 5.65. The topological polar surface area (TPSA) is 97.2 Å². The molecule has 0 saturated carbocycles. The van der Waals surface area contributed by atoms with Crippen molar-refractivity contribution < 1.29 is 13.2 Å². The first-order chi connectivity index (χ1) is 16.4. The number of nitrogens with zero attached hydrogens (tertiary/aromatic N) is 4. The number of para-hydroxylation sites is 1. The molecule has 0 radical (unpaired) electrons. The molecule has 8 nitrogen and oxygen atoms in total. The van der Waals surface area contributed by atoms with Gasteiger partial charge in [-0.25, -0.2) is 18.1 Å². The third-order valence-corrected chi connectivity index (χ3v) is 7.76. The minimum Gasteiger partial charge on any atom is -0.346 e. The van der Waals surface area contributed by atoms with Crippen molar-refractivity contribution in [2.24, 2.45) is 0 Å². The molecule has 34 heavy (non-hydrogen) atoms. The van der Waals surface area contributed by atoms with Crippen LogP contribution in [-0.4, -0.2) is 35.6 Å². The first kappa shape index (κ1) is 21.8. The van der Waals surface area contributed by atoms with Crippen molar-refractivity contribution in [2.45, 2.75) is 24.3 Å². The van der Waals surface area contributed by atoms with Gasteiger partial charge >= 0.3 is 0 Å². The maximum absolute atomic E-state index is 13.3. The number of hydrogen-bond acceptors (Lipinski definition) is 5. The Kier molecular flexibility index (Phi) is 5.62. The highest BCUT2D eigenvalue weighted by Crippen LogP contribution is 2.32. The molecule has 1 aromatic heterocycles. The highest BCUT2D eigenvalue weighted by Gasteiger charge is 2.31. The van der Waals surface area contributed by atoms with Crippen LogP contribution in [0.1, 0.15) is 34.5 Å². The third-order valence-electron chi connectivity index (χ3n) is 5.95. The Bertz CT molecular complexity index is 1430. The van der Waals surface area contributed by atoms with Gasteiger partial charge in [-0.2, -0.15) is 5.10 Å². The van der Waals surface area contributed by atoms with Crippen LogP contribution in [0.2, 0.25) is 0 Å². The predicted molar refractivity (Wildman–Crippen MR) is 128 cm³/mol. The maximum atomic E-state index is 13.3. The second-order valence-corrected chi connectivity index (χ2v) is 9.97. The summed E-state index contributed by atoms with van der Waals surface area (Å²) >= 11 is 0. The lowest BCUT2D eigenvalue weighted by molar-refractivity contribution is 0.0939. The fourth-order valence-electron chi connectivity index (χ4n) is 4.10. The minimum atomic E-state index is -3.78. The molecule has 1 aliphatic heterocycles. The van der Waals surface area contributed by atoms with Crippen LogP contribution in [0.15, 0.2) is 90.3 Å². The Morgan fingerprint density at radius 2 is 1.82 bits per heavy atom. The molecule has 0 aliphatic carbocycles. The molecular weight excluding hydrogens is 450 g/mol. The number of benzene rings is 3. The molecule has 0 bridgehead atoms. The van der Waals surface area contributed by atoms with Gasteiger partial charge in [-0.3, -0.25) is 9.10 Å². The Morgan fingerprint density at radius 3 is 2.59 bits per heavy atom. The standard InChI is InChI=1S/C25H23N5O3S/c1-18(19-9-11-22(12-10-19)29-17-26-16-27-29)28-25(31)21-6-4-7-23(15-21)34(32,33)30-14-13-20-5-2-3-8-24(20)30/h2-12,15-18H,13-14H2,1H3,(H,28,31)/t18-/m1/s1. The zero-order chi connectivity index (χ0) is 23.7. The highest BCUT2D eigenvalue weighted by atomic mass is 32.2. The first-order valence-electron chi connectivity index (χ1n) is 10.9. The van der Waals surface area contributed by atoms with E-state index in [1.54, 1.807) is 23.1 Å². The number of fused-ring (bicyclic) bond motifs is 1. The van der Waals surface area contributed by atoms with Crippen molar-refractivity contribution in [1.29, 1.82) is 0 Å². The van der Waals surface area contributed by atoms with Gasteiger partial charge in [0, 0.05) is 12.1 Å². The van der Waals surface area contributed by atoms with Crippen molar-refractivity contribution in [1.82, 2.24) is 20.1 Å². The molecule has 4 aromatic rings. The summed E-state index contributed by atoms with van der Waals surface area (Å²) in [7, 11) is -3.78. The highest BCUT2D eigenvalue weighted by molar-refractivity contribution is 7.92. The summed E-state index contributed by atoms with van der Waals surface area (Å²) in [5, 5.41) is 7.05. The molecule has 1 aliphatic rings. The van der Waals surface area contributed by atoms with Crippen molar-refractivity contribution in [2.75, 3.05) is 10.8 Å². The van der Waals surface area contributed by atoms with Crippen molar-refractivity contribution >= 4 is 21.6 Å². The van der Waals surface area contributed by atoms with Gasteiger partial charge in [0.05, 0.1) is 22.3 Å². The molecular formula is C25H23N5O3S. The number of aromatic nitrogens is 3. The predicted octanol–water partition coefficient (Wildman–Crippen LogP) is 3.51. The quantitative estimate of drug-likeness (QED) is 0.462. The number of carbonyl (C=O) groups excluding carboxylic acids is 1. The average Bonchev–Trinajstić information content (AvgIpc) is 3.55. The molecule has 2 heterocycles. The van der Waals surface area contributed by atoms with Gasteiger partial charge in [0.15, 0.2) is 0 Å². The zero-order valence-electron chi connectivity index (χ0n) is 18.5. The van der Waals surface area contributed by atoms with Gasteiger partial charge in [0.2, 0.25) is 0 Å². The molecule has 1 amide bonds. The van der Waals surface area contributed by atoms with Crippen molar-refractivity contribution in [3.8, 4) is 5.69 Å². The fraction of sp³-hybridized carbons (Fsp3) is 0.160.